The molecule has 1 fully saturated rings. The third kappa shape index (κ3) is 4.02. The molecule has 1 N–H and O–H groups in total. The Bertz CT molecular complexity index is 1370. The average Bonchev–Trinajstić information content (AvgIpc) is 3.55. The van der Waals surface area contributed by atoms with Gasteiger partial charge in [0.15, 0.2) is 0 Å². The van der Waals surface area contributed by atoms with Crippen LogP contribution in [-0.2, 0) is 6.18 Å². The number of carbonyl (C=O) groups excluding carboxylic acids is 1. The zero-order valence-corrected chi connectivity index (χ0v) is 18.1. The molecule has 1 aromatic carbocycles. The van der Waals surface area contributed by atoms with Gasteiger partial charge in [-0.15, -0.1) is 0 Å². The molecule has 0 saturated heterocycles. The number of hydrogen-bond acceptors (Lipinski definition) is 6. The Balaban J connectivity index is 1.55. The van der Waals surface area contributed by atoms with Crippen LogP contribution in [0.5, 0.6) is 5.88 Å². The normalized spacial score (nSPS) is 13.8. The fraction of sp³-hybridized carbons (Fsp3) is 0.217. The van der Waals surface area contributed by atoms with Crippen molar-refractivity contribution >= 4 is 33.9 Å². The number of alkyl halides is 3. The second kappa shape index (κ2) is 8.11. The van der Waals surface area contributed by atoms with Crippen molar-refractivity contribution in [2.45, 2.75) is 24.9 Å². The molecular formula is C23H17F3N4O2S. The van der Waals surface area contributed by atoms with Gasteiger partial charge in [0.05, 0.1) is 12.8 Å². The highest BCUT2D eigenvalue weighted by Crippen LogP contribution is 2.48. The molecule has 1 aliphatic rings. The zero-order chi connectivity index (χ0) is 23.2. The van der Waals surface area contributed by atoms with E-state index in [4.69, 9.17) is 4.74 Å². The maximum Gasteiger partial charge on any atom is 0.433 e. The van der Waals surface area contributed by atoms with E-state index < -0.39 is 17.8 Å². The van der Waals surface area contributed by atoms with E-state index in [0.717, 1.165) is 58.5 Å². The van der Waals surface area contributed by atoms with Crippen LogP contribution in [0.3, 0.4) is 0 Å². The van der Waals surface area contributed by atoms with Crippen molar-refractivity contribution in [2.24, 2.45) is 0 Å². The number of amides is 1. The minimum Gasteiger partial charge on any atom is -0.481 e. The number of rotatable bonds is 5. The van der Waals surface area contributed by atoms with Crippen LogP contribution in [-0.4, -0.2) is 27.4 Å². The van der Waals surface area contributed by atoms with E-state index in [1.165, 1.54) is 6.07 Å². The highest BCUT2D eigenvalue weighted by molar-refractivity contribution is 7.08. The number of halogens is 3. The summed E-state index contributed by atoms with van der Waals surface area (Å²) in [5, 5.41) is 4.30. The van der Waals surface area contributed by atoms with Gasteiger partial charge in [0, 0.05) is 34.6 Å². The molecule has 1 saturated carbocycles. The van der Waals surface area contributed by atoms with Crippen LogP contribution in [0.2, 0.25) is 0 Å². The lowest BCUT2D eigenvalue weighted by Crippen LogP contribution is -2.14. The number of hydrogen-bond donors (Lipinski definition) is 1. The Kier molecular flexibility index (Phi) is 5.24. The molecule has 0 aliphatic heterocycles. The molecule has 0 unspecified atom stereocenters. The number of aromatic nitrogens is 3. The summed E-state index contributed by atoms with van der Waals surface area (Å²) < 4.78 is 48.9. The Hall–Kier alpha value is -3.53. The molecule has 1 aliphatic carbocycles. The molecule has 3 aromatic heterocycles. The molecule has 0 atom stereocenters. The number of methoxy groups -OCH3 is 1. The summed E-state index contributed by atoms with van der Waals surface area (Å²) in [6, 6.07) is 9.74. The lowest BCUT2D eigenvalue weighted by molar-refractivity contribution is -0.141. The predicted molar refractivity (Wildman–Crippen MR) is 119 cm³/mol. The van der Waals surface area contributed by atoms with Gasteiger partial charge in [-0.1, -0.05) is 12.1 Å². The summed E-state index contributed by atoms with van der Waals surface area (Å²) in [6.45, 7) is 0. The summed E-state index contributed by atoms with van der Waals surface area (Å²) in [4.78, 5) is 21.0. The SMILES string of the molecule is COc1nccc2c(-c3nsc(C(=O)Nc4ccnc(C(F)(F)F)c4)c3C3CC3)cccc12. The van der Waals surface area contributed by atoms with Crippen molar-refractivity contribution in [1.29, 1.82) is 0 Å². The number of nitrogens with zero attached hydrogens (tertiary/aromatic N) is 3. The van der Waals surface area contributed by atoms with Crippen molar-refractivity contribution in [2.75, 3.05) is 12.4 Å². The lowest BCUT2D eigenvalue weighted by atomic mass is 9.98. The molecule has 33 heavy (non-hydrogen) atoms. The van der Waals surface area contributed by atoms with E-state index in [-0.39, 0.29) is 11.6 Å². The van der Waals surface area contributed by atoms with Gasteiger partial charge in [-0.05, 0) is 59.9 Å². The summed E-state index contributed by atoms with van der Waals surface area (Å²) in [5.41, 5.74) is 1.35. The Morgan fingerprint density at radius 2 is 1.91 bits per heavy atom. The number of nitrogens with one attached hydrogen (secondary N) is 1. The molecule has 168 valence electrons. The second-order valence-electron chi connectivity index (χ2n) is 7.65. The average molecular weight is 470 g/mol. The number of pyridine rings is 2. The first-order chi connectivity index (χ1) is 15.9. The van der Waals surface area contributed by atoms with Crippen LogP contribution < -0.4 is 10.1 Å². The molecule has 1 amide bonds. The topological polar surface area (TPSA) is 77.0 Å². The Morgan fingerprint density at radius 1 is 1.12 bits per heavy atom. The maximum absolute atomic E-state index is 13.1. The maximum atomic E-state index is 13.1. The molecule has 5 rings (SSSR count). The van der Waals surface area contributed by atoms with Crippen molar-refractivity contribution in [3.8, 4) is 17.1 Å². The molecule has 0 bridgehead atoms. The summed E-state index contributed by atoms with van der Waals surface area (Å²) >= 11 is 1.05. The highest BCUT2D eigenvalue weighted by atomic mass is 32.1. The van der Waals surface area contributed by atoms with E-state index in [1.807, 2.05) is 24.3 Å². The van der Waals surface area contributed by atoms with Crippen LogP contribution in [0, 0.1) is 0 Å². The van der Waals surface area contributed by atoms with E-state index in [2.05, 4.69) is 19.7 Å². The van der Waals surface area contributed by atoms with E-state index >= 15 is 0 Å². The third-order valence-corrected chi connectivity index (χ3v) is 6.31. The lowest BCUT2D eigenvalue weighted by Gasteiger charge is -2.11. The van der Waals surface area contributed by atoms with Crippen LogP contribution in [0.15, 0.2) is 48.8 Å². The van der Waals surface area contributed by atoms with Gasteiger partial charge >= 0.3 is 6.18 Å². The Morgan fingerprint density at radius 3 is 2.64 bits per heavy atom. The smallest absolute Gasteiger partial charge is 0.433 e. The fourth-order valence-electron chi connectivity index (χ4n) is 3.81. The van der Waals surface area contributed by atoms with Crippen LogP contribution >= 0.6 is 11.5 Å². The van der Waals surface area contributed by atoms with Crippen molar-refractivity contribution in [3.63, 3.8) is 0 Å². The zero-order valence-electron chi connectivity index (χ0n) is 17.3. The number of benzene rings is 1. The summed E-state index contributed by atoms with van der Waals surface area (Å²) in [5.74, 6) is 0.190. The summed E-state index contributed by atoms with van der Waals surface area (Å²) in [6.07, 6.45) is -0.0650. The third-order valence-electron chi connectivity index (χ3n) is 5.45. The van der Waals surface area contributed by atoms with Gasteiger partial charge < -0.3 is 10.1 Å². The van der Waals surface area contributed by atoms with Crippen molar-refractivity contribution in [1.82, 2.24) is 14.3 Å². The molecule has 10 heteroatoms. The van der Waals surface area contributed by atoms with Crippen molar-refractivity contribution < 1.29 is 22.7 Å². The largest absolute Gasteiger partial charge is 0.481 e. The number of ether oxygens (including phenoxy) is 1. The van der Waals surface area contributed by atoms with Gasteiger partial charge in [-0.2, -0.15) is 17.5 Å². The van der Waals surface area contributed by atoms with E-state index in [0.29, 0.717) is 16.5 Å². The minimum atomic E-state index is -4.60. The van der Waals surface area contributed by atoms with Gasteiger partial charge in [0.2, 0.25) is 5.88 Å². The van der Waals surface area contributed by atoms with Crippen LogP contribution in [0.1, 0.15) is 39.7 Å². The quantitative estimate of drug-likeness (QED) is 0.392. The first kappa shape index (κ1) is 21.3. The standard InChI is InChI=1S/C23H17F3N4O2S/c1-32-22-16-4-2-3-15(14(16)8-10-28-22)19-18(12-5-6-12)20(33-30-19)21(31)29-13-7-9-27-17(11-13)23(24,25)26/h2-4,7-12H,5-6H2,1H3,(H,27,29,31). The second-order valence-corrected chi connectivity index (χ2v) is 8.42. The monoisotopic (exact) mass is 470 g/mol. The van der Waals surface area contributed by atoms with Crippen LogP contribution in [0.4, 0.5) is 18.9 Å². The first-order valence-corrected chi connectivity index (χ1v) is 10.9. The molecule has 6 nitrogen and oxygen atoms in total. The minimum absolute atomic E-state index is 0.0278. The molecule has 4 aromatic rings. The van der Waals surface area contributed by atoms with Gasteiger partial charge in [-0.3, -0.25) is 9.78 Å². The molecular weight excluding hydrogens is 453 g/mol. The fourth-order valence-corrected chi connectivity index (χ4v) is 4.68. The highest BCUT2D eigenvalue weighted by Gasteiger charge is 2.35. The molecule has 3 heterocycles. The van der Waals surface area contributed by atoms with E-state index in [9.17, 15) is 18.0 Å². The van der Waals surface area contributed by atoms with E-state index in [1.54, 1.807) is 13.3 Å². The molecule has 0 radical (unpaired) electrons. The first-order valence-electron chi connectivity index (χ1n) is 10.1. The van der Waals surface area contributed by atoms with Crippen molar-refractivity contribution in [3.05, 3.63) is 64.9 Å². The Labute approximate surface area is 190 Å². The predicted octanol–water partition coefficient (Wildman–Crippen LogP) is 5.91. The van der Waals surface area contributed by atoms with Gasteiger partial charge in [0.25, 0.3) is 5.91 Å². The number of anilines is 1. The summed E-state index contributed by atoms with van der Waals surface area (Å²) in [7, 11) is 1.55. The van der Waals surface area contributed by atoms with Gasteiger partial charge in [0.1, 0.15) is 10.6 Å². The molecule has 0 spiro atoms. The number of fused-ring (bicyclic) bond motifs is 1. The van der Waals surface area contributed by atoms with Gasteiger partial charge in [-0.25, -0.2) is 4.98 Å². The number of carbonyl (C=O) groups is 1. The van der Waals surface area contributed by atoms with Crippen LogP contribution in [0.25, 0.3) is 22.0 Å².